The molecule has 25 heavy (non-hydrogen) atoms. The molecule has 1 unspecified atom stereocenters. The number of nitrogens with zero attached hydrogens (tertiary/aromatic N) is 5. The van der Waals surface area contributed by atoms with Gasteiger partial charge in [-0.3, -0.25) is 9.59 Å². The third kappa shape index (κ3) is 4.44. The van der Waals surface area contributed by atoms with Gasteiger partial charge in [-0.05, 0) is 13.0 Å². The minimum atomic E-state index is -2.54. The minimum absolute atomic E-state index is 0.121. The summed E-state index contributed by atoms with van der Waals surface area (Å²) in [4.78, 5) is 32.0. The summed E-state index contributed by atoms with van der Waals surface area (Å²) in [5.74, 6) is -0.335. The molecule has 1 aromatic rings. The van der Waals surface area contributed by atoms with Crippen molar-refractivity contribution in [2.75, 3.05) is 40.0 Å². The third-order valence-corrected chi connectivity index (χ3v) is 6.73. The zero-order valence-electron chi connectivity index (χ0n) is 14.8. The Morgan fingerprint density at radius 1 is 1.48 bits per heavy atom. The summed E-state index contributed by atoms with van der Waals surface area (Å²) in [7, 11) is 0.814. The first-order chi connectivity index (χ1) is 11.7. The van der Waals surface area contributed by atoms with Gasteiger partial charge in [0.1, 0.15) is 15.6 Å². The highest BCUT2D eigenvalue weighted by Gasteiger charge is 2.30. The fourth-order valence-electron chi connectivity index (χ4n) is 2.37. The Kier molecular flexibility index (Phi) is 5.96. The zero-order chi connectivity index (χ0) is 18.8. The number of carbonyl (C=O) groups excluding carboxylic acids is 2. The molecule has 0 aliphatic carbocycles. The molecule has 1 aromatic heterocycles. The Morgan fingerprint density at radius 3 is 2.72 bits per heavy atom. The van der Waals surface area contributed by atoms with E-state index < -0.39 is 9.92 Å². The molecule has 1 aliphatic rings. The SMILES string of the molecule is C=CC(=O)N1CCN(C(=O)c2csc(N=S(C)(=O)N(C)C)n2)[C@@H](C)C1. The summed E-state index contributed by atoms with van der Waals surface area (Å²) < 4.78 is 18.0. The molecule has 1 saturated heterocycles. The van der Waals surface area contributed by atoms with Gasteiger partial charge in [-0.1, -0.05) is 6.58 Å². The maximum atomic E-state index is 12.7. The second kappa shape index (κ2) is 7.63. The van der Waals surface area contributed by atoms with Crippen molar-refractivity contribution in [2.45, 2.75) is 13.0 Å². The quantitative estimate of drug-likeness (QED) is 0.729. The van der Waals surface area contributed by atoms with Gasteiger partial charge in [-0.2, -0.15) is 4.36 Å². The van der Waals surface area contributed by atoms with Crippen LogP contribution in [0.25, 0.3) is 0 Å². The molecule has 0 bridgehead atoms. The molecular weight excluding hydrogens is 362 g/mol. The van der Waals surface area contributed by atoms with E-state index in [9.17, 15) is 13.8 Å². The van der Waals surface area contributed by atoms with Gasteiger partial charge in [-0.25, -0.2) is 13.5 Å². The first-order valence-corrected chi connectivity index (χ1v) is 10.5. The second-order valence-electron chi connectivity index (χ2n) is 6.02. The Morgan fingerprint density at radius 2 is 2.16 bits per heavy atom. The molecule has 0 radical (unpaired) electrons. The standard InChI is InChI=1S/C15H23N5O3S2/c1-6-13(21)19-7-8-20(11(2)9-19)14(22)12-10-24-15(16-12)17-25(5,23)18(3)4/h6,10-11H,1,7-9H2,2-5H3/t11-,25?/m0/s1. The van der Waals surface area contributed by atoms with Gasteiger partial charge < -0.3 is 9.80 Å². The van der Waals surface area contributed by atoms with Crippen LogP contribution in [-0.4, -0.2) is 81.1 Å². The number of carbonyl (C=O) groups is 2. The number of rotatable bonds is 4. The van der Waals surface area contributed by atoms with Crippen molar-refractivity contribution >= 4 is 38.2 Å². The van der Waals surface area contributed by atoms with Crippen LogP contribution in [0.2, 0.25) is 0 Å². The number of thiazole rings is 1. The Bertz CT molecular complexity index is 795. The lowest BCUT2D eigenvalue weighted by atomic mass is 10.1. The van der Waals surface area contributed by atoms with Gasteiger partial charge in [0.25, 0.3) is 5.91 Å². The number of amides is 2. The van der Waals surface area contributed by atoms with Crippen LogP contribution in [0.4, 0.5) is 5.13 Å². The van der Waals surface area contributed by atoms with Crippen LogP contribution < -0.4 is 0 Å². The van der Waals surface area contributed by atoms with Gasteiger partial charge >= 0.3 is 0 Å². The number of hydrogen-bond donors (Lipinski definition) is 0. The van der Waals surface area contributed by atoms with Gasteiger partial charge in [0.2, 0.25) is 11.0 Å². The predicted octanol–water partition coefficient (Wildman–Crippen LogP) is 1.21. The van der Waals surface area contributed by atoms with Gasteiger partial charge in [0.15, 0.2) is 0 Å². The number of piperazine rings is 1. The lowest BCUT2D eigenvalue weighted by molar-refractivity contribution is -0.128. The van der Waals surface area contributed by atoms with E-state index in [0.717, 1.165) is 0 Å². The van der Waals surface area contributed by atoms with Crippen LogP contribution in [0, 0.1) is 0 Å². The molecule has 0 spiro atoms. The maximum Gasteiger partial charge on any atom is 0.273 e. The van der Waals surface area contributed by atoms with Crippen LogP contribution in [0.5, 0.6) is 0 Å². The average molecular weight is 386 g/mol. The largest absolute Gasteiger partial charge is 0.335 e. The monoisotopic (exact) mass is 385 g/mol. The highest BCUT2D eigenvalue weighted by atomic mass is 32.2. The fourth-order valence-corrected chi connectivity index (χ4v) is 3.97. The summed E-state index contributed by atoms with van der Waals surface area (Å²) in [6.45, 7) is 6.74. The predicted molar refractivity (Wildman–Crippen MR) is 99.2 cm³/mol. The van der Waals surface area contributed by atoms with E-state index in [4.69, 9.17) is 0 Å². The zero-order valence-corrected chi connectivity index (χ0v) is 16.5. The summed E-state index contributed by atoms with van der Waals surface area (Å²) >= 11 is 1.19. The third-order valence-electron chi connectivity index (χ3n) is 4.01. The fraction of sp³-hybridized carbons (Fsp3) is 0.533. The lowest BCUT2D eigenvalue weighted by Gasteiger charge is -2.39. The van der Waals surface area contributed by atoms with E-state index in [1.54, 1.807) is 29.3 Å². The van der Waals surface area contributed by atoms with Crippen molar-refractivity contribution in [3.05, 3.63) is 23.7 Å². The molecule has 2 amide bonds. The molecule has 8 nitrogen and oxygen atoms in total. The van der Waals surface area contributed by atoms with E-state index >= 15 is 0 Å². The molecule has 2 heterocycles. The molecule has 2 rings (SSSR count). The van der Waals surface area contributed by atoms with Crippen molar-refractivity contribution in [2.24, 2.45) is 4.36 Å². The molecule has 0 aromatic carbocycles. The molecule has 2 atom stereocenters. The molecule has 138 valence electrons. The Labute approximate surface area is 152 Å². The minimum Gasteiger partial charge on any atom is -0.335 e. The van der Waals surface area contributed by atoms with Crippen LogP contribution in [0.1, 0.15) is 17.4 Å². The van der Waals surface area contributed by atoms with E-state index in [0.29, 0.717) is 24.8 Å². The van der Waals surface area contributed by atoms with E-state index in [2.05, 4.69) is 15.9 Å². The summed E-state index contributed by atoms with van der Waals surface area (Å²) in [6.07, 6.45) is 2.80. The topological polar surface area (TPSA) is 86.2 Å². The molecule has 10 heteroatoms. The Balaban J connectivity index is 2.14. The van der Waals surface area contributed by atoms with Gasteiger partial charge in [0.05, 0.1) is 0 Å². The first-order valence-electron chi connectivity index (χ1n) is 7.73. The summed E-state index contributed by atoms with van der Waals surface area (Å²) in [5, 5.41) is 1.94. The highest BCUT2D eigenvalue weighted by molar-refractivity contribution is 7.90. The van der Waals surface area contributed by atoms with E-state index in [1.807, 2.05) is 6.92 Å². The normalized spacial score (nSPS) is 20.3. The smallest absolute Gasteiger partial charge is 0.273 e. The van der Waals surface area contributed by atoms with E-state index in [1.165, 1.54) is 28.0 Å². The van der Waals surface area contributed by atoms with Crippen LogP contribution in [0.3, 0.4) is 0 Å². The lowest BCUT2D eigenvalue weighted by Crippen LogP contribution is -2.55. The number of aromatic nitrogens is 1. The Hall–Kier alpha value is -1.78. The van der Waals surface area contributed by atoms with Gasteiger partial charge in [-0.15, -0.1) is 11.3 Å². The second-order valence-corrected chi connectivity index (χ2v) is 9.29. The first kappa shape index (κ1) is 19.5. The van der Waals surface area contributed by atoms with Crippen molar-refractivity contribution in [3.63, 3.8) is 0 Å². The van der Waals surface area contributed by atoms with Crippen LogP contribution >= 0.6 is 11.3 Å². The number of hydrogen-bond acceptors (Lipinski definition) is 6. The van der Waals surface area contributed by atoms with Crippen molar-refractivity contribution in [1.29, 1.82) is 0 Å². The maximum absolute atomic E-state index is 12.7. The van der Waals surface area contributed by atoms with Crippen molar-refractivity contribution in [3.8, 4) is 0 Å². The van der Waals surface area contributed by atoms with Crippen molar-refractivity contribution in [1.82, 2.24) is 19.1 Å². The van der Waals surface area contributed by atoms with Crippen molar-refractivity contribution < 1.29 is 13.8 Å². The van der Waals surface area contributed by atoms with Crippen LogP contribution in [0.15, 0.2) is 22.4 Å². The summed E-state index contributed by atoms with van der Waals surface area (Å²) in [5.41, 5.74) is 0.285. The molecule has 1 fully saturated rings. The molecule has 0 saturated carbocycles. The average Bonchev–Trinajstić information content (AvgIpc) is 3.01. The highest BCUT2D eigenvalue weighted by Crippen LogP contribution is 2.23. The molecule has 0 N–H and O–H groups in total. The van der Waals surface area contributed by atoms with E-state index in [-0.39, 0.29) is 23.6 Å². The van der Waals surface area contributed by atoms with Gasteiger partial charge in [0, 0.05) is 51.4 Å². The summed E-state index contributed by atoms with van der Waals surface area (Å²) in [6, 6.07) is -0.121. The molecule has 1 aliphatic heterocycles. The molecular formula is C15H23N5O3S2. The van der Waals surface area contributed by atoms with Crippen LogP contribution in [-0.2, 0) is 14.7 Å².